The summed E-state index contributed by atoms with van der Waals surface area (Å²) in [7, 11) is 1.91. The van der Waals surface area contributed by atoms with E-state index in [1.165, 1.54) is 0 Å². The number of aromatic nitrogens is 2. The molecule has 1 aliphatic heterocycles. The number of carbonyl (C=O) groups is 1. The summed E-state index contributed by atoms with van der Waals surface area (Å²) in [6.07, 6.45) is 5.04. The van der Waals surface area contributed by atoms with Crippen molar-refractivity contribution in [2.45, 2.75) is 25.8 Å². The Morgan fingerprint density at radius 3 is 3.11 bits per heavy atom. The molecule has 1 fully saturated rings. The molecule has 1 saturated heterocycles. The molecule has 2 unspecified atom stereocenters. The highest BCUT2D eigenvalue weighted by molar-refractivity contribution is 5.83. The van der Waals surface area contributed by atoms with Crippen molar-refractivity contribution in [2.24, 2.45) is 13.0 Å². The number of imidazole rings is 1. The van der Waals surface area contributed by atoms with Crippen LogP contribution in [0.3, 0.4) is 0 Å². The quantitative estimate of drug-likeness (QED) is 0.802. The second kappa shape index (κ2) is 6.11. The van der Waals surface area contributed by atoms with E-state index in [0.717, 1.165) is 18.8 Å². The summed E-state index contributed by atoms with van der Waals surface area (Å²) in [5.41, 5.74) is 0. The molecule has 5 nitrogen and oxygen atoms in total. The molecular formula is C13H21N3O2. The Kier molecular flexibility index (Phi) is 4.49. The van der Waals surface area contributed by atoms with Gasteiger partial charge >= 0.3 is 0 Å². The van der Waals surface area contributed by atoms with Crippen LogP contribution in [0.2, 0.25) is 0 Å². The number of ketones is 1. The average molecular weight is 251 g/mol. The maximum atomic E-state index is 12.3. The van der Waals surface area contributed by atoms with Gasteiger partial charge in [-0.2, -0.15) is 0 Å². The van der Waals surface area contributed by atoms with Gasteiger partial charge in [0.1, 0.15) is 11.6 Å². The van der Waals surface area contributed by atoms with E-state index in [1.807, 2.05) is 17.8 Å². The fourth-order valence-corrected chi connectivity index (χ4v) is 2.26. The number of hydrogen-bond acceptors (Lipinski definition) is 4. The summed E-state index contributed by atoms with van der Waals surface area (Å²) < 4.78 is 7.32. The largest absolute Gasteiger partial charge is 0.379 e. The molecule has 1 aromatic rings. The molecule has 1 aromatic heterocycles. The van der Waals surface area contributed by atoms with Crippen molar-refractivity contribution in [3.05, 3.63) is 18.2 Å². The zero-order chi connectivity index (χ0) is 13.0. The third-order valence-corrected chi connectivity index (χ3v) is 3.40. The number of aryl methyl sites for hydroxylation is 1. The number of carbonyl (C=O) groups excluding carboxylic acids is 1. The fourth-order valence-electron chi connectivity index (χ4n) is 2.26. The number of ether oxygens (including phenoxy) is 1. The van der Waals surface area contributed by atoms with Gasteiger partial charge in [0, 0.05) is 25.5 Å². The first-order valence-corrected chi connectivity index (χ1v) is 6.52. The molecule has 2 rings (SSSR count). The minimum absolute atomic E-state index is 0.0340. The minimum Gasteiger partial charge on any atom is -0.379 e. The molecule has 100 valence electrons. The Labute approximate surface area is 108 Å². The van der Waals surface area contributed by atoms with Gasteiger partial charge in [0.2, 0.25) is 0 Å². The highest BCUT2D eigenvalue weighted by Gasteiger charge is 2.33. The standard InChI is InChI=1S/C13H21N3O2/c1-3-4-14-11-9-18-8-10(11)12(17)7-13-15-5-6-16(13)2/h5-6,10-11,14H,3-4,7-9H2,1-2H3. The van der Waals surface area contributed by atoms with E-state index in [1.54, 1.807) is 6.20 Å². The Balaban J connectivity index is 1.93. The van der Waals surface area contributed by atoms with Crippen molar-refractivity contribution in [3.63, 3.8) is 0 Å². The SMILES string of the molecule is CCCNC1COCC1C(=O)Cc1nccn1C. The molecule has 5 heteroatoms. The predicted molar refractivity (Wildman–Crippen MR) is 68.3 cm³/mol. The van der Waals surface area contributed by atoms with Crippen molar-refractivity contribution < 1.29 is 9.53 Å². The predicted octanol–water partition coefficient (Wildman–Crippen LogP) is 0.546. The Bertz CT molecular complexity index is 403. The van der Waals surface area contributed by atoms with Crippen LogP contribution in [0.25, 0.3) is 0 Å². The Morgan fingerprint density at radius 2 is 2.44 bits per heavy atom. The van der Waals surface area contributed by atoms with E-state index < -0.39 is 0 Å². The third-order valence-electron chi connectivity index (χ3n) is 3.40. The fraction of sp³-hybridized carbons (Fsp3) is 0.692. The molecule has 1 N–H and O–H groups in total. The van der Waals surface area contributed by atoms with E-state index in [2.05, 4.69) is 17.2 Å². The maximum absolute atomic E-state index is 12.3. The molecule has 0 aromatic carbocycles. The summed E-state index contributed by atoms with van der Waals surface area (Å²) in [6, 6.07) is 0.165. The van der Waals surface area contributed by atoms with E-state index in [0.29, 0.717) is 19.6 Å². The minimum atomic E-state index is -0.0340. The van der Waals surface area contributed by atoms with Crippen LogP contribution in [0.4, 0.5) is 0 Å². The van der Waals surface area contributed by atoms with Gasteiger partial charge in [-0.25, -0.2) is 4.98 Å². The van der Waals surface area contributed by atoms with Crippen molar-refractivity contribution in [3.8, 4) is 0 Å². The van der Waals surface area contributed by atoms with Crippen LogP contribution in [0, 0.1) is 5.92 Å². The van der Waals surface area contributed by atoms with E-state index in [-0.39, 0.29) is 17.7 Å². The first-order valence-electron chi connectivity index (χ1n) is 6.52. The van der Waals surface area contributed by atoms with Crippen molar-refractivity contribution in [1.29, 1.82) is 0 Å². The third kappa shape index (κ3) is 2.97. The van der Waals surface area contributed by atoms with Gasteiger partial charge in [-0.1, -0.05) is 6.92 Å². The molecule has 0 saturated carbocycles. The molecular weight excluding hydrogens is 230 g/mol. The Morgan fingerprint density at radius 1 is 1.61 bits per heavy atom. The summed E-state index contributed by atoms with van der Waals surface area (Å²) in [4.78, 5) is 16.5. The summed E-state index contributed by atoms with van der Waals surface area (Å²) in [6.45, 7) is 4.22. The summed E-state index contributed by atoms with van der Waals surface area (Å²) >= 11 is 0. The molecule has 18 heavy (non-hydrogen) atoms. The highest BCUT2D eigenvalue weighted by atomic mass is 16.5. The van der Waals surface area contributed by atoms with Crippen LogP contribution >= 0.6 is 0 Å². The maximum Gasteiger partial charge on any atom is 0.147 e. The second-order valence-electron chi connectivity index (χ2n) is 4.80. The van der Waals surface area contributed by atoms with Crippen LogP contribution in [0.15, 0.2) is 12.4 Å². The van der Waals surface area contributed by atoms with Crippen LogP contribution in [0.5, 0.6) is 0 Å². The summed E-state index contributed by atoms with van der Waals surface area (Å²) in [5.74, 6) is 1.00. The zero-order valence-electron chi connectivity index (χ0n) is 11.1. The van der Waals surface area contributed by atoms with Gasteiger partial charge in [0.05, 0.1) is 25.6 Å². The number of rotatable bonds is 6. The molecule has 0 bridgehead atoms. The number of hydrogen-bond donors (Lipinski definition) is 1. The number of nitrogens with zero attached hydrogens (tertiary/aromatic N) is 2. The second-order valence-corrected chi connectivity index (χ2v) is 4.80. The molecule has 1 aliphatic rings. The number of Topliss-reactive ketones (excluding diaryl/α,β-unsaturated/α-hetero) is 1. The monoisotopic (exact) mass is 251 g/mol. The van der Waals surface area contributed by atoms with E-state index in [9.17, 15) is 4.79 Å². The van der Waals surface area contributed by atoms with Crippen molar-refractivity contribution >= 4 is 5.78 Å². The molecule has 2 atom stereocenters. The lowest BCUT2D eigenvalue weighted by Crippen LogP contribution is -2.40. The smallest absolute Gasteiger partial charge is 0.147 e. The molecule has 2 heterocycles. The molecule has 0 aliphatic carbocycles. The van der Waals surface area contributed by atoms with Gasteiger partial charge in [-0.15, -0.1) is 0 Å². The van der Waals surface area contributed by atoms with Gasteiger partial charge in [0.25, 0.3) is 0 Å². The van der Waals surface area contributed by atoms with Gasteiger partial charge < -0.3 is 14.6 Å². The first kappa shape index (κ1) is 13.2. The molecule has 0 spiro atoms. The van der Waals surface area contributed by atoms with Crippen LogP contribution in [0.1, 0.15) is 19.2 Å². The zero-order valence-corrected chi connectivity index (χ0v) is 11.1. The summed E-state index contributed by atoms with van der Waals surface area (Å²) in [5, 5.41) is 3.38. The average Bonchev–Trinajstić information content (AvgIpc) is 2.96. The van der Waals surface area contributed by atoms with Crippen LogP contribution < -0.4 is 5.32 Å². The molecule has 0 radical (unpaired) electrons. The Hall–Kier alpha value is -1.20. The van der Waals surface area contributed by atoms with Gasteiger partial charge in [-0.3, -0.25) is 4.79 Å². The lowest BCUT2D eigenvalue weighted by atomic mass is 9.96. The van der Waals surface area contributed by atoms with Gasteiger partial charge in [0.15, 0.2) is 0 Å². The normalized spacial score (nSPS) is 23.4. The lowest BCUT2D eigenvalue weighted by molar-refractivity contribution is -0.122. The highest BCUT2D eigenvalue weighted by Crippen LogP contribution is 2.16. The van der Waals surface area contributed by atoms with E-state index in [4.69, 9.17) is 4.74 Å². The topological polar surface area (TPSA) is 56.1 Å². The van der Waals surface area contributed by atoms with Crippen molar-refractivity contribution in [1.82, 2.24) is 14.9 Å². The molecule has 0 amide bonds. The lowest BCUT2D eigenvalue weighted by Gasteiger charge is -2.17. The van der Waals surface area contributed by atoms with E-state index >= 15 is 0 Å². The first-order chi connectivity index (χ1) is 8.72. The van der Waals surface area contributed by atoms with Crippen LogP contribution in [-0.4, -0.2) is 41.1 Å². The number of nitrogens with one attached hydrogen (secondary N) is 1. The van der Waals surface area contributed by atoms with Crippen LogP contribution in [-0.2, 0) is 23.0 Å². The van der Waals surface area contributed by atoms with Crippen molar-refractivity contribution in [2.75, 3.05) is 19.8 Å². The van der Waals surface area contributed by atoms with Gasteiger partial charge in [-0.05, 0) is 13.0 Å².